The molecule has 4 nitrogen and oxygen atoms in total. The summed E-state index contributed by atoms with van der Waals surface area (Å²) < 4.78 is 0. The number of carbonyl (C=O) groups is 1. The third kappa shape index (κ3) is 6.32. The molecule has 0 aromatic carbocycles. The zero-order chi connectivity index (χ0) is 15.7. The highest BCUT2D eigenvalue weighted by Gasteiger charge is 2.21. The molecule has 0 atom stereocenters. The lowest BCUT2D eigenvalue weighted by atomic mass is 9.80. The monoisotopic (exact) mass is 294 g/mol. The molecule has 0 aromatic heterocycles. The zero-order valence-corrected chi connectivity index (χ0v) is 13.8. The minimum atomic E-state index is -0.138. The van der Waals surface area contributed by atoms with Crippen LogP contribution in [0.3, 0.4) is 0 Å². The van der Waals surface area contributed by atoms with E-state index in [0.29, 0.717) is 17.2 Å². The van der Waals surface area contributed by atoms with Crippen LogP contribution in [-0.4, -0.2) is 25.3 Å². The van der Waals surface area contributed by atoms with E-state index in [2.05, 4.69) is 28.8 Å². The van der Waals surface area contributed by atoms with E-state index < -0.39 is 0 Å². The lowest BCUT2D eigenvalue weighted by molar-refractivity contribution is -0.117. The van der Waals surface area contributed by atoms with Crippen LogP contribution in [0.2, 0.25) is 0 Å². The minimum Gasteiger partial charge on any atom is -0.399 e. The van der Waals surface area contributed by atoms with Crippen LogP contribution in [0.5, 0.6) is 0 Å². The predicted octanol–water partition coefficient (Wildman–Crippen LogP) is 3.68. The topological polar surface area (TPSA) is 50.7 Å². The van der Waals surface area contributed by atoms with Gasteiger partial charge in [0.15, 0.2) is 0 Å². The summed E-state index contributed by atoms with van der Waals surface area (Å²) in [4.78, 5) is 16.6. The van der Waals surface area contributed by atoms with Crippen molar-refractivity contribution in [2.75, 3.05) is 13.7 Å². The zero-order valence-electron chi connectivity index (χ0n) is 13.8. The number of carbonyl (C=O) groups excluding carboxylic acids is 1. The van der Waals surface area contributed by atoms with E-state index in [0.717, 1.165) is 12.5 Å². The number of unbranched alkanes of at least 4 members (excludes halogenated alkanes) is 1. The average molecular weight is 294 g/mol. The van der Waals surface area contributed by atoms with Gasteiger partial charge in [-0.15, -0.1) is 0 Å². The van der Waals surface area contributed by atoms with Crippen molar-refractivity contribution in [3.63, 3.8) is 0 Å². The molecule has 1 N–H and O–H groups in total. The van der Waals surface area contributed by atoms with Crippen molar-refractivity contribution in [2.45, 2.75) is 58.8 Å². The van der Waals surface area contributed by atoms with Crippen molar-refractivity contribution in [3.05, 3.63) is 12.2 Å². The van der Waals surface area contributed by atoms with E-state index in [4.69, 9.17) is 0 Å². The molecule has 0 unspecified atom stereocenters. The SMILES string of the molecule is C=C(C(=O)NCC1CCC(CCCC)CC1)/C(C)=N\OC. The van der Waals surface area contributed by atoms with Gasteiger partial charge in [0.25, 0.3) is 5.91 Å². The molecule has 1 amide bonds. The van der Waals surface area contributed by atoms with Gasteiger partial charge in [-0.1, -0.05) is 50.8 Å². The molecule has 120 valence electrons. The van der Waals surface area contributed by atoms with Gasteiger partial charge in [-0.2, -0.15) is 0 Å². The maximum Gasteiger partial charge on any atom is 0.252 e. The molecular formula is C17H30N2O2. The van der Waals surface area contributed by atoms with Crippen LogP contribution in [0.1, 0.15) is 58.8 Å². The molecule has 1 rings (SSSR count). The van der Waals surface area contributed by atoms with Gasteiger partial charge in [0.05, 0.1) is 11.3 Å². The smallest absolute Gasteiger partial charge is 0.252 e. The fourth-order valence-electron chi connectivity index (χ4n) is 2.92. The Kier molecular flexibility index (Phi) is 8.09. The van der Waals surface area contributed by atoms with E-state index in [1.807, 2.05) is 0 Å². The average Bonchev–Trinajstić information content (AvgIpc) is 2.51. The summed E-state index contributed by atoms with van der Waals surface area (Å²) >= 11 is 0. The molecule has 0 aromatic rings. The van der Waals surface area contributed by atoms with Crippen molar-refractivity contribution in [1.82, 2.24) is 5.32 Å². The summed E-state index contributed by atoms with van der Waals surface area (Å²) in [5, 5.41) is 6.71. The van der Waals surface area contributed by atoms with Crippen LogP contribution in [0.15, 0.2) is 17.3 Å². The van der Waals surface area contributed by atoms with E-state index in [1.54, 1.807) is 6.92 Å². The first-order valence-electron chi connectivity index (χ1n) is 8.13. The highest BCUT2D eigenvalue weighted by atomic mass is 16.6. The van der Waals surface area contributed by atoms with E-state index >= 15 is 0 Å². The Morgan fingerprint density at radius 2 is 1.90 bits per heavy atom. The molecule has 21 heavy (non-hydrogen) atoms. The molecule has 0 spiro atoms. The van der Waals surface area contributed by atoms with Crippen molar-refractivity contribution >= 4 is 11.6 Å². The maximum absolute atomic E-state index is 12.0. The Morgan fingerprint density at radius 3 is 2.48 bits per heavy atom. The van der Waals surface area contributed by atoms with Gasteiger partial charge in [0, 0.05) is 6.54 Å². The summed E-state index contributed by atoms with van der Waals surface area (Å²) in [5.41, 5.74) is 0.909. The first kappa shape index (κ1) is 17.7. The number of nitrogens with one attached hydrogen (secondary N) is 1. The number of nitrogens with zero attached hydrogens (tertiary/aromatic N) is 1. The van der Waals surface area contributed by atoms with Crippen LogP contribution < -0.4 is 5.32 Å². The summed E-state index contributed by atoms with van der Waals surface area (Å²) in [6, 6.07) is 0. The van der Waals surface area contributed by atoms with Crippen molar-refractivity contribution in [1.29, 1.82) is 0 Å². The first-order chi connectivity index (χ1) is 10.1. The van der Waals surface area contributed by atoms with Crippen molar-refractivity contribution in [2.24, 2.45) is 17.0 Å². The standard InChI is InChI=1S/C17H30N2O2/c1-5-6-7-15-8-10-16(11-9-15)12-18-17(20)13(2)14(3)19-21-4/h15-16H,2,5-12H2,1,3-4H3,(H,18,20)/b19-14-. The Hall–Kier alpha value is -1.32. The van der Waals surface area contributed by atoms with Gasteiger partial charge in [0.1, 0.15) is 7.11 Å². The summed E-state index contributed by atoms with van der Waals surface area (Å²) in [5.74, 6) is 1.38. The molecule has 1 saturated carbocycles. The predicted molar refractivity (Wildman–Crippen MR) is 87.2 cm³/mol. The lowest BCUT2D eigenvalue weighted by Gasteiger charge is -2.28. The summed E-state index contributed by atoms with van der Waals surface area (Å²) in [6.45, 7) is 8.49. The van der Waals surface area contributed by atoms with Crippen LogP contribution >= 0.6 is 0 Å². The molecule has 0 heterocycles. The summed E-state index contributed by atoms with van der Waals surface area (Å²) in [7, 11) is 1.46. The molecule has 0 radical (unpaired) electrons. The second-order valence-electron chi connectivity index (χ2n) is 6.08. The van der Waals surface area contributed by atoms with E-state index in [1.165, 1.54) is 52.1 Å². The highest BCUT2D eigenvalue weighted by molar-refractivity contribution is 6.19. The molecule has 0 aliphatic heterocycles. The van der Waals surface area contributed by atoms with Gasteiger partial charge >= 0.3 is 0 Å². The van der Waals surface area contributed by atoms with Crippen molar-refractivity contribution < 1.29 is 9.63 Å². The Labute approximate surface area is 129 Å². The minimum absolute atomic E-state index is 0.138. The number of hydrogen-bond acceptors (Lipinski definition) is 3. The molecule has 4 heteroatoms. The number of oxime groups is 1. The highest BCUT2D eigenvalue weighted by Crippen LogP contribution is 2.31. The van der Waals surface area contributed by atoms with Crippen LogP contribution in [0.25, 0.3) is 0 Å². The third-order valence-corrected chi connectivity index (χ3v) is 4.42. The van der Waals surface area contributed by atoms with Gasteiger partial charge < -0.3 is 10.2 Å². The second kappa shape index (κ2) is 9.59. The van der Waals surface area contributed by atoms with E-state index in [9.17, 15) is 4.79 Å². The largest absolute Gasteiger partial charge is 0.399 e. The quantitative estimate of drug-likeness (QED) is 0.422. The fourth-order valence-corrected chi connectivity index (χ4v) is 2.92. The first-order valence-corrected chi connectivity index (χ1v) is 8.13. The molecule has 1 aliphatic rings. The number of rotatable bonds is 8. The van der Waals surface area contributed by atoms with Crippen molar-refractivity contribution in [3.8, 4) is 0 Å². The van der Waals surface area contributed by atoms with Gasteiger partial charge in [-0.05, 0) is 31.6 Å². The summed E-state index contributed by atoms with van der Waals surface area (Å²) in [6.07, 6.45) is 9.10. The molecule has 0 bridgehead atoms. The Balaban J connectivity index is 2.26. The number of amides is 1. The van der Waals surface area contributed by atoms with Gasteiger partial charge in [-0.3, -0.25) is 4.79 Å². The van der Waals surface area contributed by atoms with Crippen LogP contribution in [0.4, 0.5) is 0 Å². The van der Waals surface area contributed by atoms with Gasteiger partial charge in [0.2, 0.25) is 0 Å². The van der Waals surface area contributed by atoms with Gasteiger partial charge in [-0.25, -0.2) is 0 Å². The Morgan fingerprint density at radius 1 is 1.29 bits per heavy atom. The molecule has 0 saturated heterocycles. The van der Waals surface area contributed by atoms with E-state index in [-0.39, 0.29) is 5.91 Å². The Bertz CT molecular complexity index is 369. The third-order valence-electron chi connectivity index (χ3n) is 4.42. The van der Waals surface area contributed by atoms with Crippen LogP contribution in [0, 0.1) is 11.8 Å². The second-order valence-corrected chi connectivity index (χ2v) is 6.08. The van der Waals surface area contributed by atoms with Crippen LogP contribution in [-0.2, 0) is 9.63 Å². The fraction of sp³-hybridized carbons (Fsp3) is 0.765. The normalized spacial score (nSPS) is 22.7. The number of hydrogen-bond donors (Lipinski definition) is 1. The lowest BCUT2D eigenvalue weighted by Crippen LogP contribution is -2.33. The molecular weight excluding hydrogens is 264 g/mol. The molecule has 1 fully saturated rings. The maximum atomic E-state index is 12.0. The molecule has 1 aliphatic carbocycles.